The van der Waals surface area contributed by atoms with Crippen LogP contribution in [0.1, 0.15) is 19.0 Å². The summed E-state index contributed by atoms with van der Waals surface area (Å²) in [5.74, 6) is 0. The lowest BCUT2D eigenvalue weighted by atomic mass is 10.2. The Bertz CT molecular complexity index is 259. The van der Waals surface area contributed by atoms with Gasteiger partial charge in [-0.05, 0) is 39.1 Å². The smallest absolute Gasteiger partial charge is 0.0416 e. The molecule has 1 heterocycles. The standard InChI is InChI=1S/C12H21N3/c1-11(13)6-9-15(2)10-7-12-5-3-4-8-14-12/h3-5,8,11H,6-7,9-10,13H2,1-2H3. The van der Waals surface area contributed by atoms with Crippen molar-refractivity contribution in [1.82, 2.24) is 9.88 Å². The zero-order chi connectivity index (χ0) is 11.1. The number of hydrogen-bond donors (Lipinski definition) is 1. The van der Waals surface area contributed by atoms with E-state index < -0.39 is 0 Å². The molecule has 0 amide bonds. The van der Waals surface area contributed by atoms with E-state index in [1.165, 1.54) is 0 Å². The van der Waals surface area contributed by atoms with E-state index in [1.807, 2.05) is 25.3 Å². The third-order valence-electron chi connectivity index (χ3n) is 2.44. The molecule has 0 spiro atoms. The molecule has 0 aromatic carbocycles. The van der Waals surface area contributed by atoms with E-state index in [0.29, 0.717) is 6.04 Å². The summed E-state index contributed by atoms with van der Waals surface area (Å²) < 4.78 is 0. The van der Waals surface area contributed by atoms with E-state index >= 15 is 0 Å². The topological polar surface area (TPSA) is 42.1 Å². The number of nitrogens with two attached hydrogens (primary N) is 1. The van der Waals surface area contributed by atoms with Gasteiger partial charge in [-0.15, -0.1) is 0 Å². The first-order chi connectivity index (χ1) is 7.18. The highest BCUT2D eigenvalue weighted by Crippen LogP contribution is 1.97. The molecule has 3 heteroatoms. The zero-order valence-electron chi connectivity index (χ0n) is 9.69. The summed E-state index contributed by atoms with van der Waals surface area (Å²) in [5.41, 5.74) is 6.87. The van der Waals surface area contributed by atoms with Crippen molar-refractivity contribution in [1.29, 1.82) is 0 Å². The van der Waals surface area contributed by atoms with Crippen LogP contribution in [0, 0.1) is 0 Å². The number of hydrogen-bond acceptors (Lipinski definition) is 3. The average molecular weight is 207 g/mol. The van der Waals surface area contributed by atoms with Crippen molar-refractivity contribution in [3.63, 3.8) is 0 Å². The summed E-state index contributed by atoms with van der Waals surface area (Å²) in [6, 6.07) is 6.34. The minimum absolute atomic E-state index is 0.294. The third-order valence-corrected chi connectivity index (χ3v) is 2.44. The van der Waals surface area contributed by atoms with Crippen LogP contribution < -0.4 is 5.73 Å². The first-order valence-electron chi connectivity index (χ1n) is 5.52. The van der Waals surface area contributed by atoms with Crippen molar-refractivity contribution in [3.05, 3.63) is 30.1 Å². The highest BCUT2D eigenvalue weighted by molar-refractivity contribution is 5.03. The Morgan fingerprint density at radius 1 is 1.40 bits per heavy atom. The summed E-state index contributed by atoms with van der Waals surface area (Å²) in [7, 11) is 2.13. The molecule has 0 saturated heterocycles. The summed E-state index contributed by atoms with van der Waals surface area (Å²) in [6.45, 7) is 4.15. The fourth-order valence-electron chi connectivity index (χ4n) is 1.39. The zero-order valence-corrected chi connectivity index (χ0v) is 9.69. The Morgan fingerprint density at radius 3 is 2.80 bits per heavy atom. The van der Waals surface area contributed by atoms with E-state index in [-0.39, 0.29) is 0 Å². The molecule has 0 fully saturated rings. The molecule has 0 aliphatic carbocycles. The highest BCUT2D eigenvalue weighted by Gasteiger charge is 2.01. The van der Waals surface area contributed by atoms with Crippen molar-refractivity contribution in [2.45, 2.75) is 25.8 Å². The molecule has 1 aromatic heterocycles. The van der Waals surface area contributed by atoms with Gasteiger partial charge in [0.1, 0.15) is 0 Å². The maximum atomic E-state index is 5.71. The van der Waals surface area contributed by atoms with Gasteiger partial charge in [0.15, 0.2) is 0 Å². The van der Waals surface area contributed by atoms with Crippen LogP contribution in [0.5, 0.6) is 0 Å². The Hall–Kier alpha value is -0.930. The molecule has 1 atom stereocenters. The van der Waals surface area contributed by atoms with Crippen molar-refractivity contribution >= 4 is 0 Å². The second-order valence-electron chi connectivity index (χ2n) is 4.14. The number of nitrogens with zero attached hydrogens (tertiary/aromatic N) is 2. The minimum atomic E-state index is 0.294. The predicted molar refractivity (Wildman–Crippen MR) is 63.7 cm³/mol. The Morgan fingerprint density at radius 2 is 2.20 bits per heavy atom. The second-order valence-corrected chi connectivity index (χ2v) is 4.14. The predicted octanol–water partition coefficient (Wildman–Crippen LogP) is 1.29. The van der Waals surface area contributed by atoms with Gasteiger partial charge in [0.2, 0.25) is 0 Å². The molecule has 0 bridgehead atoms. The van der Waals surface area contributed by atoms with Gasteiger partial charge in [-0.1, -0.05) is 6.07 Å². The first-order valence-corrected chi connectivity index (χ1v) is 5.52. The van der Waals surface area contributed by atoms with Gasteiger partial charge in [0.05, 0.1) is 0 Å². The summed E-state index contributed by atoms with van der Waals surface area (Å²) >= 11 is 0. The first kappa shape index (κ1) is 12.1. The lowest BCUT2D eigenvalue weighted by Crippen LogP contribution is -2.27. The van der Waals surface area contributed by atoms with E-state index in [0.717, 1.165) is 31.6 Å². The van der Waals surface area contributed by atoms with Crippen LogP contribution in [0.15, 0.2) is 24.4 Å². The van der Waals surface area contributed by atoms with Crippen molar-refractivity contribution in [3.8, 4) is 0 Å². The Kier molecular flexibility index (Phi) is 5.29. The molecular formula is C12H21N3. The van der Waals surface area contributed by atoms with Gasteiger partial charge >= 0.3 is 0 Å². The summed E-state index contributed by atoms with van der Waals surface area (Å²) in [6.07, 6.45) is 3.91. The molecule has 0 aliphatic heterocycles. The van der Waals surface area contributed by atoms with Crippen molar-refractivity contribution < 1.29 is 0 Å². The molecule has 0 aliphatic rings. The fraction of sp³-hybridized carbons (Fsp3) is 0.583. The van der Waals surface area contributed by atoms with Crippen LogP contribution in [0.4, 0.5) is 0 Å². The second kappa shape index (κ2) is 6.53. The highest BCUT2D eigenvalue weighted by atomic mass is 15.1. The van der Waals surface area contributed by atoms with Gasteiger partial charge < -0.3 is 10.6 Å². The quantitative estimate of drug-likeness (QED) is 0.764. The molecule has 0 saturated carbocycles. The molecule has 0 radical (unpaired) electrons. The molecule has 1 aromatic rings. The SMILES string of the molecule is CC(N)CCN(C)CCc1ccccn1. The molecule has 3 nitrogen and oxygen atoms in total. The van der Waals surface area contributed by atoms with Crippen LogP contribution >= 0.6 is 0 Å². The number of likely N-dealkylation sites (N-methyl/N-ethyl adjacent to an activating group) is 1. The number of pyridine rings is 1. The lowest BCUT2D eigenvalue weighted by molar-refractivity contribution is 0.323. The van der Waals surface area contributed by atoms with Crippen LogP contribution in [-0.4, -0.2) is 36.1 Å². The monoisotopic (exact) mass is 207 g/mol. The Labute approximate surface area is 92.3 Å². The maximum absolute atomic E-state index is 5.71. The van der Waals surface area contributed by atoms with E-state index in [4.69, 9.17) is 5.73 Å². The lowest BCUT2D eigenvalue weighted by Gasteiger charge is -2.17. The van der Waals surface area contributed by atoms with Crippen molar-refractivity contribution in [2.75, 3.05) is 20.1 Å². The summed E-state index contributed by atoms with van der Waals surface area (Å²) in [4.78, 5) is 6.60. The largest absolute Gasteiger partial charge is 0.328 e. The van der Waals surface area contributed by atoms with Gasteiger partial charge in [-0.3, -0.25) is 4.98 Å². The van der Waals surface area contributed by atoms with E-state index in [9.17, 15) is 0 Å². The van der Waals surface area contributed by atoms with Crippen LogP contribution in [0.25, 0.3) is 0 Å². The Balaban J connectivity index is 2.19. The molecular weight excluding hydrogens is 186 g/mol. The molecule has 2 N–H and O–H groups in total. The number of aromatic nitrogens is 1. The van der Waals surface area contributed by atoms with Gasteiger partial charge in [-0.25, -0.2) is 0 Å². The average Bonchev–Trinajstić information content (AvgIpc) is 2.25. The summed E-state index contributed by atoms with van der Waals surface area (Å²) in [5, 5.41) is 0. The fourth-order valence-corrected chi connectivity index (χ4v) is 1.39. The van der Waals surface area contributed by atoms with E-state index in [2.05, 4.69) is 23.0 Å². The van der Waals surface area contributed by atoms with Crippen molar-refractivity contribution in [2.24, 2.45) is 5.73 Å². The van der Waals surface area contributed by atoms with Crippen LogP contribution in [-0.2, 0) is 6.42 Å². The minimum Gasteiger partial charge on any atom is -0.328 e. The van der Waals surface area contributed by atoms with Gasteiger partial charge in [0, 0.05) is 30.9 Å². The third kappa shape index (κ3) is 5.50. The molecule has 84 valence electrons. The van der Waals surface area contributed by atoms with Crippen LogP contribution in [0.2, 0.25) is 0 Å². The van der Waals surface area contributed by atoms with Crippen LogP contribution in [0.3, 0.4) is 0 Å². The maximum Gasteiger partial charge on any atom is 0.0416 e. The number of rotatable bonds is 6. The van der Waals surface area contributed by atoms with Gasteiger partial charge in [-0.2, -0.15) is 0 Å². The molecule has 15 heavy (non-hydrogen) atoms. The molecule has 1 rings (SSSR count). The van der Waals surface area contributed by atoms with E-state index in [1.54, 1.807) is 0 Å². The molecule has 1 unspecified atom stereocenters. The van der Waals surface area contributed by atoms with Gasteiger partial charge in [0.25, 0.3) is 0 Å². The normalized spacial score (nSPS) is 13.1.